The molecule has 2 aliphatic heterocycles. The molecule has 7 heteroatoms. The number of hydrogen-bond donors (Lipinski definition) is 1. The lowest BCUT2D eigenvalue weighted by Crippen LogP contribution is -2.61. The number of amides is 1. The first-order valence-electron chi connectivity index (χ1n) is 8.78. The highest BCUT2D eigenvalue weighted by Gasteiger charge is 2.48. The third-order valence-corrected chi connectivity index (χ3v) is 5.26. The van der Waals surface area contributed by atoms with E-state index in [9.17, 15) is 14.3 Å². The minimum atomic E-state index is -1.34. The second kappa shape index (κ2) is 5.89. The van der Waals surface area contributed by atoms with Crippen LogP contribution in [0.5, 0.6) is 0 Å². The normalized spacial score (nSPS) is 24.1. The number of likely N-dealkylation sites (tertiary alicyclic amines) is 1. The number of benzene rings is 1. The Hall–Kier alpha value is -2.25. The number of halogens is 1. The van der Waals surface area contributed by atoms with Crippen molar-refractivity contribution < 1.29 is 19.0 Å². The molecule has 1 fully saturated rings. The molecular weight excluding hydrogens is 337 g/mol. The molecule has 138 valence electrons. The van der Waals surface area contributed by atoms with E-state index in [1.165, 1.54) is 11.0 Å². The van der Waals surface area contributed by atoms with Gasteiger partial charge in [0.15, 0.2) is 0 Å². The van der Waals surface area contributed by atoms with Gasteiger partial charge in [-0.05, 0) is 19.9 Å². The number of aliphatic hydroxyl groups is 1. The predicted octanol–water partition coefficient (Wildman–Crippen LogP) is 1.93. The van der Waals surface area contributed by atoms with E-state index in [4.69, 9.17) is 4.74 Å². The third-order valence-electron chi connectivity index (χ3n) is 5.26. The number of fused-ring (bicyclic) bond motifs is 1. The molecule has 1 aromatic carbocycles. The average Bonchev–Trinajstić information content (AvgIpc) is 2.88. The molecule has 1 saturated heterocycles. The molecule has 0 unspecified atom stereocenters. The van der Waals surface area contributed by atoms with Gasteiger partial charge in [0.25, 0.3) is 5.91 Å². The van der Waals surface area contributed by atoms with E-state index in [2.05, 4.69) is 5.10 Å². The van der Waals surface area contributed by atoms with Crippen LogP contribution in [0.3, 0.4) is 0 Å². The van der Waals surface area contributed by atoms with E-state index in [1.54, 1.807) is 29.9 Å². The molecule has 1 amide bonds. The van der Waals surface area contributed by atoms with Crippen molar-refractivity contribution in [1.29, 1.82) is 0 Å². The van der Waals surface area contributed by atoms with Gasteiger partial charge < -0.3 is 14.7 Å². The van der Waals surface area contributed by atoms with Gasteiger partial charge in [-0.15, -0.1) is 0 Å². The molecule has 1 N–H and O–H groups in total. The minimum absolute atomic E-state index is 0.0139. The molecule has 4 rings (SSSR count). The Morgan fingerprint density at radius 3 is 2.73 bits per heavy atom. The van der Waals surface area contributed by atoms with Crippen molar-refractivity contribution in [3.05, 3.63) is 52.6 Å². The summed E-state index contributed by atoms with van der Waals surface area (Å²) in [6, 6.07) is 6.14. The van der Waals surface area contributed by atoms with Crippen molar-refractivity contribution in [2.24, 2.45) is 7.05 Å². The van der Waals surface area contributed by atoms with Crippen molar-refractivity contribution in [3.8, 4) is 0 Å². The second-order valence-corrected chi connectivity index (χ2v) is 7.30. The summed E-state index contributed by atoms with van der Waals surface area (Å²) in [5.74, 6) is -0.650. The van der Waals surface area contributed by atoms with Crippen LogP contribution in [0.1, 0.15) is 47.3 Å². The fraction of sp³-hybridized carbons (Fsp3) is 0.474. The predicted molar refractivity (Wildman–Crippen MR) is 92.1 cm³/mol. The Bertz CT molecular complexity index is 873. The molecule has 26 heavy (non-hydrogen) atoms. The lowest BCUT2D eigenvalue weighted by molar-refractivity contribution is -0.0887. The van der Waals surface area contributed by atoms with E-state index in [1.807, 2.05) is 13.8 Å². The van der Waals surface area contributed by atoms with Crippen molar-refractivity contribution in [3.63, 3.8) is 0 Å². The zero-order valence-corrected chi connectivity index (χ0v) is 15.1. The highest BCUT2D eigenvalue weighted by atomic mass is 19.1. The number of hydrogen-bond acceptors (Lipinski definition) is 4. The van der Waals surface area contributed by atoms with Crippen LogP contribution in [0.15, 0.2) is 24.3 Å². The monoisotopic (exact) mass is 359 g/mol. The lowest BCUT2D eigenvalue weighted by atomic mass is 9.85. The SMILES string of the molecule is C[C@@H]1Cc2c(nn(C)c2C(=O)N2CC(O)(c3ccccc3F)C2)[C@H](C)O1. The van der Waals surface area contributed by atoms with Gasteiger partial charge in [-0.1, -0.05) is 18.2 Å². The molecule has 0 saturated carbocycles. The Kier molecular flexibility index (Phi) is 3.89. The smallest absolute Gasteiger partial charge is 0.272 e. The molecule has 0 bridgehead atoms. The molecule has 2 aromatic rings. The summed E-state index contributed by atoms with van der Waals surface area (Å²) in [5, 5.41) is 15.2. The third kappa shape index (κ3) is 2.54. The van der Waals surface area contributed by atoms with Gasteiger partial charge >= 0.3 is 0 Å². The number of rotatable bonds is 2. The van der Waals surface area contributed by atoms with Crippen molar-refractivity contribution in [1.82, 2.24) is 14.7 Å². The van der Waals surface area contributed by atoms with Crippen LogP contribution in [0.4, 0.5) is 4.39 Å². The fourth-order valence-corrected chi connectivity index (χ4v) is 4.02. The molecule has 3 heterocycles. The summed E-state index contributed by atoms with van der Waals surface area (Å²) >= 11 is 0. The van der Waals surface area contributed by atoms with Gasteiger partial charge in [0.2, 0.25) is 0 Å². The Morgan fingerprint density at radius 1 is 1.35 bits per heavy atom. The lowest BCUT2D eigenvalue weighted by Gasteiger charge is -2.46. The van der Waals surface area contributed by atoms with Gasteiger partial charge in [0.05, 0.1) is 31.0 Å². The summed E-state index contributed by atoms with van der Waals surface area (Å²) in [5.41, 5.74) is 1.11. The van der Waals surface area contributed by atoms with Gasteiger partial charge in [-0.2, -0.15) is 5.10 Å². The van der Waals surface area contributed by atoms with Gasteiger partial charge in [-0.3, -0.25) is 9.48 Å². The van der Waals surface area contributed by atoms with Crippen LogP contribution >= 0.6 is 0 Å². The highest BCUT2D eigenvalue weighted by Crippen LogP contribution is 2.36. The summed E-state index contributed by atoms with van der Waals surface area (Å²) in [7, 11) is 1.74. The van der Waals surface area contributed by atoms with Gasteiger partial charge in [-0.25, -0.2) is 4.39 Å². The molecule has 2 aliphatic rings. The standard InChI is InChI=1S/C19H22FN3O3/c1-11-8-13-16(12(2)26-11)21-22(3)17(13)18(24)23-9-19(25,10-23)14-6-4-5-7-15(14)20/h4-7,11-12,25H,8-10H2,1-3H3/t11-,12+/m1/s1. The second-order valence-electron chi connectivity index (χ2n) is 7.30. The summed E-state index contributed by atoms with van der Waals surface area (Å²) in [6.07, 6.45) is 0.480. The van der Waals surface area contributed by atoms with Crippen LogP contribution in [0.25, 0.3) is 0 Å². The van der Waals surface area contributed by atoms with Crippen LogP contribution in [-0.4, -0.2) is 44.9 Å². The first-order chi connectivity index (χ1) is 12.3. The first-order valence-corrected chi connectivity index (χ1v) is 8.78. The minimum Gasteiger partial charge on any atom is -0.381 e. The number of aryl methyl sites for hydroxylation is 1. The van der Waals surface area contributed by atoms with E-state index < -0.39 is 11.4 Å². The molecule has 0 radical (unpaired) electrons. The summed E-state index contributed by atoms with van der Waals surface area (Å²) in [4.78, 5) is 14.6. The number of β-amino-alcohol motifs (C(OH)–C–C–N with tert-alkyl or cyclic N) is 1. The summed E-state index contributed by atoms with van der Waals surface area (Å²) in [6.45, 7) is 4.03. The van der Waals surface area contributed by atoms with Gasteiger partial charge in [0, 0.05) is 24.6 Å². The number of carbonyl (C=O) groups excluding carboxylic acids is 1. The van der Waals surface area contributed by atoms with E-state index in [0.717, 1.165) is 11.3 Å². The quantitative estimate of drug-likeness (QED) is 0.890. The Morgan fingerprint density at radius 2 is 2.04 bits per heavy atom. The Balaban J connectivity index is 1.59. The Labute approximate surface area is 151 Å². The topological polar surface area (TPSA) is 67.6 Å². The van der Waals surface area contributed by atoms with Crippen LogP contribution < -0.4 is 0 Å². The number of carbonyl (C=O) groups is 1. The summed E-state index contributed by atoms with van der Waals surface area (Å²) < 4.78 is 21.4. The maximum atomic E-state index is 14.0. The van der Waals surface area contributed by atoms with Crippen LogP contribution in [0.2, 0.25) is 0 Å². The number of ether oxygens (including phenoxy) is 1. The van der Waals surface area contributed by atoms with E-state index >= 15 is 0 Å². The molecule has 0 spiro atoms. The van der Waals surface area contributed by atoms with Gasteiger partial charge in [0.1, 0.15) is 17.1 Å². The van der Waals surface area contributed by atoms with E-state index in [-0.39, 0.29) is 36.8 Å². The molecule has 2 atom stereocenters. The van der Waals surface area contributed by atoms with Crippen molar-refractivity contribution in [2.75, 3.05) is 13.1 Å². The van der Waals surface area contributed by atoms with Crippen molar-refractivity contribution >= 4 is 5.91 Å². The van der Waals surface area contributed by atoms with Crippen LogP contribution in [-0.2, 0) is 23.8 Å². The van der Waals surface area contributed by atoms with Crippen molar-refractivity contribution in [2.45, 2.75) is 38.1 Å². The largest absolute Gasteiger partial charge is 0.381 e. The highest BCUT2D eigenvalue weighted by molar-refractivity contribution is 5.95. The van der Waals surface area contributed by atoms with Crippen LogP contribution in [0, 0.1) is 5.82 Å². The zero-order chi connectivity index (χ0) is 18.6. The first kappa shape index (κ1) is 17.2. The fourth-order valence-electron chi connectivity index (χ4n) is 4.02. The zero-order valence-electron chi connectivity index (χ0n) is 15.1. The molecule has 0 aliphatic carbocycles. The number of nitrogens with zero attached hydrogens (tertiary/aromatic N) is 3. The maximum absolute atomic E-state index is 14.0. The molecule has 6 nitrogen and oxygen atoms in total. The molecule has 1 aromatic heterocycles. The number of aromatic nitrogens is 2. The molecular formula is C19H22FN3O3. The maximum Gasteiger partial charge on any atom is 0.272 e. The average molecular weight is 359 g/mol. The van der Waals surface area contributed by atoms with E-state index in [0.29, 0.717) is 12.1 Å².